The minimum atomic E-state index is -0.896. The van der Waals surface area contributed by atoms with Gasteiger partial charge in [-0.2, -0.15) is 0 Å². The largest absolute Gasteiger partial charge is 0.461 e. The van der Waals surface area contributed by atoms with Crippen LogP contribution >= 0.6 is 0 Å². The zero-order valence-corrected chi connectivity index (χ0v) is 29.7. The van der Waals surface area contributed by atoms with Gasteiger partial charge in [0.2, 0.25) is 17.7 Å². The number of ether oxygens (including phenoxy) is 2. The topological polar surface area (TPSA) is 152 Å². The zero-order chi connectivity index (χ0) is 35.3. The summed E-state index contributed by atoms with van der Waals surface area (Å²) in [5.74, 6) is -1.01. The quantitative estimate of drug-likeness (QED) is 0.115. The standard InChI is InChI=1S/C36H56N4O8/c1-7-46-39-32(42)17-11-9-8-10-16-31(41)37-27-19-18-25-22-30(40(23-26(25)21-27)35(45)48-36(4,5)6)33(43)38-29(20-24(2)3)34(44)47-28-14-12-13-15-28/h18-19,21,24,28-30H,7-17,20,22-23H2,1-6H3,(H,37,41)(H,38,43)(H,39,42)/t29-,30-/m0/s1. The Balaban J connectivity index is 1.65. The van der Waals surface area contributed by atoms with Crippen molar-refractivity contribution in [3.8, 4) is 0 Å². The molecule has 2 atom stereocenters. The van der Waals surface area contributed by atoms with Gasteiger partial charge in [-0.25, -0.2) is 15.1 Å². The van der Waals surface area contributed by atoms with Gasteiger partial charge >= 0.3 is 12.1 Å². The maximum atomic E-state index is 13.8. The highest BCUT2D eigenvalue weighted by Gasteiger charge is 2.39. The zero-order valence-electron chi connectivity index (χ0n) is 29.7. The summed E-state index contributed by atoms with van der Waals surface area (Å²) in [6.45, 7) is 11.6. The molecular weight excluding hydrogens is 616 g/mol. The van der Waals surface area contributed by atoms with Crippen LogP contribution < -0.4 is 16.1 Å². The monoisotopic (exact) mass is 672 g/mol. The molecular formula is C36H56N4O8. The number of carbonyl (C=O) groups is 5. The number of hydrogen-bond acceptors (Lipinski definition) is 8. The predicted octanol–water partition coefficient (Wildman–Crippen LogP) is 5.71. The first-order valence-electron chi connectivity index (χ1n) is 17.6. The van der Waals surface area contributed by atoms with Gasteiger partial charge in [0.1, 0.15) is 23.8 Å². The van der Waals surface area contributed by atoms with Crippen LogP contribution in [-0.2, 0) is 46.5 Å². The van der Waals surface area contributed by atoms with Gasteiger partial charge in [-0.05, 0) is 102 Å². The molecule has 12 nitrogen and oxygen atoms in total. The van der Waals surface area contributed by atoms with E-state index in [0.29, 0.717) is 38.0 Å². The lowest BCUT2D eigenvalue weighted by Crippen LogP contribution is -2.56. The van der Waals surface area contributed by atoms with Crippen molar-refractivity contribution in [2.45, 2.75) is 149 Å². The number of fused-ring (bicyclic) bond motifs is 1. The van der Waals surface area contributed by atoms with Crippen LogP contribution in [0.4, 0.5) is 10.5 Å². The number of anilines is 1. The number of nitrogens with one attached hydrogen (secondary N) is 3. The van der Waals surface area contributed by atoms with Gasteiger partial charge < -0.3 is 20.1 Å². The molecule has 1 aliphatic carbocycles. The van der Waals surface area contributed by atoms with Crippen molar-refractivity contribution in [2.75, 3.05) is 11.9 Å². The molecule has 48 heavy (non-hydrogen) atoms. The van der Waals surface area contributed by atoms with Crippen molar-refractivity contribution in [1.82, 2.24) is 15.7 Å². The summed E-state index contributed by atoms with van der Waals surface area (Å²) < 4.78 is 11.4. The molecule has 1 aromatic carbocycles. The van der Waals surface area contributed by atoms with Crippen molar-refractivity contribution in [3.05, 3.63) is 29.3 Å². The highest BCUT2D eigenvalue weighted by atomic mass is 16.6. The third-order valence-electron chi connectivity index (χ3n) is 8.33. The summed E-state index contributed by atoms with van der Waals surface area (Å²) in [7, 11) is 0. The normalized spacial score (nSPS) is 17.0. The summed E-state index contributed by atoms with van der Waals surface area (Å²) in [5, 5.41) is 5.85. The van der Waals surface area contributed by atoms with Gasteiger partial charge in [-0.3, -0.25) is 24.1 Å². The average Bonchev–Trinajstić information content (AvgIpc) is 3.52. The van der Waals surface area contributed by atoms with E-state index in [-0.39, 0.29) is 36.8 Å². The van der Waals surface area contributed by atoms with E-state index in [1.54, 1.807) is 33.8 Å². The van der Waals surface area contributed by atoms with Crippen LogP contribution in [-0.4, -0.2) is 65.1 Å². The van der Waals surface area contributed by atoms with Crippen LogP contribution in [0.1, 0.15) is 123 Å². The summed E-state index contributed by atoms with van der Waals surface area (Å²) in [6.07, 6.45) is 7.40. The number of carbonyl (C=O) groups excluding carboxylic acids is 5. The molecule has 0 spiro atoms. The maximum absolute atomic E-state index is 13.8. The molecule has 1 saturated carbocycles. The fourth-order valence-electron chi connectivity index (χ4n) is 5.97. The molecule has 1 fully saturated rings. The average molecular weight is 673 g/mol. The van der Waals surface area contributed by atoms with E-state index in [2.05, 4.69) is 16.1 Å². The predicted molar refractivity (Wildman–Crippen MR) is 182 cm³/mol. The molecule has 0 saturated heterocycles. The minimum absolute atomic E-state index is 0.101. The molecule has 1 aromatic rings. The number of nitrogens with zero attached hydrogens (tertiary/aromatic N) is 1. The summed E-state index contributed by atoms with van der Waals surface area (Å²) in [4.78, 5) is 71.0. The number of hydrogen-bond donors (Lipinski definition) is 3. The number of amides is 4. The second kappa shape index (κ2) is 18.8. The second-order valence-electron chi connectivity index (χ2n) is 14.3. The molecule has 2 aliphatic rings. The van der Waals surface area contributed by atoms with Crippen molar-refractivity contribution in [2.24, 2.45) is 5.92 Å². The van der Waals surface area contributed by atoms with E-state index in [0.717, 1.165) is 56.1 Å². The fourth-order valence-corrected chi connectivity index (χ4v) is 5.97. The smallest absolute Gasteiger partial charge is 0.411 e. The molecule has 268 valence electrons. The van der Waals surface area contributed by atoms with Crippen molar-refractivity contribution >= 4 is 35.5 Å². The Bertz CT molecular complexity index is 1250. The summed E-state index contributed by atoms with van der Waals surface area (Å²) >= 11 is 0. The Morgan fingerprint density at radius 1 is 0.938 bits per heavy atom. The minimum Gasteiger partial charge on any atom is -0.461 e. The Hall–Kier alpha value is -3.67. The van der Waals surface area contributed by atoms with E-state index in [1.165, 1.54) is 4.90 Å². The van der Waals surface area contributed by atoms with E-state index in [4.69, 9.17) is 14.3 Å². The molecule has 0 unspecified atom stereocenters. The molecule has 1 heterocycles. The number of esters is 1. The number of unbranched alkanes of at least 4 members (excludes halogenated alkanes) is 3. The van der Waals surface area contributed by atoms with Gasteiger partial charge in [0.15, 0.2) is 0 Å². The molecule has 12 heteroatoms. The number of rotatable bonds is 16. The Kier molecular flexibility index (Phi) is 15.2. The van der Waals surface area contributed by atoms with E-state index in [9.17, 15) is 24.0 Å². The van der Waals surface area contributed by atoms with Crippen molar-refractivity contribution in [1.29, 1.82) is 0 Å². The van der Waals surface area contributed by atoms with E-state index < -0.39 is 35.7 Å². The molecule has 0 radical (unpaired) electrons. The lowest BCUT2D eigenvalue weighted by Gasteiger charge is -2.37. The van der Waals surface area contributed by atoms with E-state index >= 15 is 0 Å². The lowest BCUT2D eigenvalue weighted by atomic mass is 9.92. The van der Waals surface area contributed by atoms with Crippen LogP contribution in [0.3, 0.4) is 0 Å². The Morgan fingerprint density at radius 2 is 1.60 bits per heavy atom. The van der Waals surface area contributed by atoms with Gasteiger partial charge in [-0.1, -0.05) is 32.8 Å². The molecule has 4 amide bonds. The highest BCUT2D eigenvalue weighted by molar-refractivity contribution is 5.92. The molecule has 0 bridgehead atoms. The van der Waals surface area contributed by atoms with Crippen molar-refractivity contribution < 1.29 is 38.3 Å². The third kappa shape index (κ3) is 13.1. The van der Waals surface area contributed by atoms with Crippen LogP contribution in [0.5, 0.6) is 0 Å². The van der Waals surface area contributed by atoms with Gasteiger partial charge in [0.25, 0.3) is 0 Å². The number of benzene rings is 1. The fraction of sp³-hybridized carbons (Fsp3) is 0.694. The van der Waals surface area contributed by atoms with Crippen LogP contribution in [0, 0.1) is 5.92 Å². The first-order chi connectivity index (χ1) is 22.8. The van der Waals surface area contributed by atoms with Gasteiger partial charge in [0, 0.05) is 24.9 Å². The number of hydroxylamine groups is 1. The summed E-state index contributed by atoms with van der Waals surface area (Å²) in [5.41, 5.74) is 3.87. The second-order valence-corrected chi connectivity index (χ2v) is 14.3. The maximum Gasteiger partial charge on any atom is 0.411 e. The van der Waals surface area contributed by atoms with Gasteiger partial charge in [-0.15, -0.1) is 0 Å². The molecule has 3 rings (SSSR count). The third-order valence-corrected chi connectivity index (χ3v) is 8.33. The molecule has 1 aliphatic heterocycles. The van der Waals surface area contributed by atoms with E-state index in [1.807, 2.05) is 26.0 Å². The summed E-state index contributed by atoms with van der Waals surface area (Å²) in [6, 6.07) is 3.78. The van der Waals surface area contributed by atoms with Crippen LogP contribution in [0.15, 0.2) is 18.2 Å². The SMILES string of the molecule is CCONC(=O)CCCCCCC(=O)Nc1ccc2c(c1)CN(C(=O)OC(C)(C)C)[C@H](C(=O)N[C@@H](CC(C)C)C(=O)OC1CCCC1)C2. The first-order valence-corrected chi connectivity index (χ1v) is 17.6. The molecule has 3 N–H and O–H groups in total. The van der Waals surface area contributed by atoms with Gasteiger partial charge in [0.05, 0.1) is 13.2 Å². The van der Waals surface area contributed by atoms with Crippen molar-refractivity contribution in [3.63, 3.8) is 0 Å². The highest BCUT2D eigenvalue weighted by Crippen LogP contribution is 2.29. The Labute approximate surface area is 285 Å². The van der Waals surface area contributed by atoms with Crippen LogP contribution in [0.2, 0.25) is 0 Å². The lowest BCUT2D eigenvalue weighted by molar-refractivity contribution is -0.153. The van der Waals surface area contributed by atoms with Crippen LogP contribution in [0.25, 0.3) is 0 Å². The Morgan fingerprint density at radius 3 is 2.23 bits per heavy atom. The molecule has 0 aromatic heterocycles. The first kappa shape index (κ1) is 38.8.